The van der Waals surface area contributed by atoms with Crippen LogP contribution in [0.25, 0.3) is 0 Å². The topological polar surface area (TPSA) is 54.5 Å². The zero-order chi connectivity index (χ0) is 13.4. The highest BCUT2D eigenvalue weighted by Gasteiger charge is 2.34. The van der Waals surface area contributed by atoms with Crippen molar-refractivity contribution in [2.24, 2.45) is 0 Å². The fourth-order valence-corrected chi connectivity index (χ4v) is 2.36. The van der Waals surface area contributed by atoms with Gasteiger partial charge >= 0.3 is 0 Å². The lowest BCUT2D eigenvalue weighted by atomic mass is 10.1. The van der Waals surface area contributed by atoms with E-state index in [-0.39, 0.29) is 24.7 Å². The molecule has 1 rings (SSSR count). The summed E-state index contributed by atoms with van der Waals surface area (Å²) in [6.45, 7) is 2.17. The fourth-order valence-electron chi connectivity index (χ4n) is 2.36. The predicted molar refractivity (Wildman–Crippen MR) is 68.9 cm³/mol. The standard InChI is InChI=1S/C14H23NO3/c1-2-3-4-5-6-7-8-12(11-16)15-13(17)9-10-14(15)18/h11-12H,2-10H2,1H3. The lowest BCUT2D eigenvalue weighted by Crippen LogP contribution is -2.40. The Bertz CT molecular complexity index is 285. The molecule has 0 bridgehead atoms. The number of carbonyl (C=O) groups excluding carboxylic acids is 3. The van der Waals surface area contributed by atoms with Crippen molar-refractivity contribution in [2.75, 3.05) is 0 Å². The maximum atomic E-state index is 11.5. The van der Waals surface area contributed by atoms with E-state index in [0.29, 0.717) is 6.42 Å². The van der Waals surface area contributed by atoms with Crippen molar-refractivity contribution in [3.05, 3.63) is 0 Å². The SMILES string of the molecule is CCCCCCCCC(C=O)N1C(=O)CCC1=O. The minimum atomic E-state index is -0.529. The summed E-state index contributed by atoms with van der Waals surface area (Å²) in [6.07, 6.45) is 8.73. The van der Waals surface area contributed by atoms with E-state index < -0.39 is 6.04 Å². The Morgan fingerprint density at radius 1 is 1.06 bits per heavy atom. The van der Waals surface area contributed by atoms with Gasteiger partial charge in [-0.15, -0.1) is 0 Å². The highest BCUT2D eigenvalue weighted by atomic mass is 16.2. The van der Waals surface area contributed by atoms with Crippen molar-refractivity contribution in [2.45, 2.75) is 70.8 Å². The summed E-state index contributed by atoms with van der Waals surface area (Å²) in [5.74, 6) is -0.383. The summed E-state index contributed by atoms with van der Waals surface area (Å²) in [7, 11) is 0. The highest BCUT2D eigenvalue weighted by molar-refractivity contribution is 6.03. The first-order chi connectivity index (χ1) is 8.70. The third-order valence-corrected chi connectivity index (χ3v) is 3.43. The molecule has 0 aromatic rings. The molecule has 1 unspecified atom stereocenters. The van der Waals surface area contributed by atoms with E-state index in [0.717, 1.165) is 19.1 Å². The number of carbonyl (C=O) groups is 3. The highest BCUT2D eigenvalue weighted by Crippen LogP contribution is 2.18. The van der Waals surface area contributed by atoms with Gasteiger partial charge in [0.2, 0.25) is 11.8 Å². The van der Waals surface area contributed by atoms with Crippen LogP contribution in [-0.2, 0) is 14.4 Å². The monoisotopic (exact) mass is 253 g/mol. The molecule has 102 valence electrons. The minimum absolute atomic E-state index is 0.192. The maximum Gasteiger partial charge on any atom is 0.230 e. The minimum Gasteiger partial charge on any atom is -0.301 e. The Kier molecular flexibility index (Phi) is 6.61. The van der Waals surface area contributed by atoms with E-state index in [4.69, 9.17) is 0 Å². The van der Waals surface area contributed by atoms with Crippen LogP contribution in [0.4, 0.5) is 0 Å². The lowest BCUT2D eigenvalue weighted by molar-refractivity contribution is -0.143. The van der Waals surface area contributed by atoms with Gasteiger partial charge in [-0.2, -0.15) is 0 Å². The molecule has 1 heterocycles. The van der Waals surface area contributed by atoms with E-state index in [1.165, 1.54) is 30.6 Å². The van der Waals surface area contributed by atoms with Gasteiger partial charge in [0.05, 0.1) is 6.04 Å². The molecule has 0 aromatic heterocycles. The number of hydrogen-bond donors (Lipinski definition) is 0. The molecule has 2 amide bonds. The Morgan fingerprint density at radius 3 is 2.17 bits per heavy atom. The molecular weight excluding hydrogens is 230 g/mol. The molecular formula is C14H23NO3. The molecule has 1 aliphatic heterocycles. The van der Waals surface area contributed by atoms with Crippen LogP contribution in [0.3, 0.4) is 0 Å². The number of nitrogens with zero attached hydrogens (tertiary/aromatic N) is 1. The van der Waals surface area contributed by atoms with Crippen molar-refractivity contribution in [3.63, 3.8) is 0 Å². The van der Waals surface area contributed by atoms with Gasteiger partial charge in [0.15, 0.2) is 0 Å². The molecule has 4 nitrogen and oxygen atoms in total. The van der Waals surface area contributed by atoms with E-state index in [2.05, 4.69) is 6.92 Å². The molecule has 0 radical (unpaired) electrons. The van der Waals surface area contributed by atoms with Crippen molar-refractivity contribution in [3.8, 4) is 0 Å². The summed E-state index contributed by atoms with van der Waals surface area (Å²) in [6, 6.07) is -0.529. The van der Waals surface area contributed by atoms with Gasteiger partial charge in [-0.25, -0.2) is 0 Å². The largest absolute Gasteiger partial charge is 0.301 e. The number of unbranched alkanes of at least 4 members (excludes halogenated alkanes) is 5. The molecule has 4 heteroatoms. The summed E-state index contributed by atoms with van der Waals surface area (Å²) in [5, 5.41) is 0. The third-order valence-electron chi connectivity index (χ3n) is 3.43. The van der Waals surface area contributed by atoms with Gasteiger partial charge in [-0.1, -0.05) is 45.4 Å². The van der Waals surface area contributed by atoms with Gasteiger partial charge in [0.25, 0.3) is 0 Å². The van der Waals surface area contributed by atoms with E-state index in [1.54, 1.807) is 0 Å². The summed E-state index contributed by atoms with van der Waals surface area (Å²) < 4.78 is 0. The number of likely N-dealkylation sites (tertiary alicyclic amines) is 1. The number of rotatable bonds is 9. The first kappa shape index (κ1) is 14.9. The van der Waals surface area contributed by atoms with Crippen LogP contribution in [0.2, 0.25) is 0 Å². The van der Waals surface area contributed by atoms with Crippen molar-refractivity contribution in [1.82, 2.24) is 4.90 Å². The van der Waals surface area contributed by atoms with Gasteiger partial charge in [0.1, 0.15) is 6.29 Å². The van der Waals surface area contributed by atoms with Gasteiger partial charge in [-0.3, -0.25) is 14.5 Å². The molecule has 1 atom stereocenters. The summed E-state index contributed by atoms with van der Waals surface area (Å²) >= 11 is 0. The molecule has 0 saturated carbocycles. The van der Waals surface area contributed by atoms with Gasteiger partial charge < -0.3 is 4.79 Å². The molecule has 18 heavy (non-hydrogen) atoms. The van der Waals surface area contributed by atoms with Gasteiger partial charge in [-0.05, 0) is 6.42 Å². The lowest BCUT2D eigenvalue weighted by Gasteiger charge is -2.20. The van der Waals surface area contributed by atoms with Gasteiger partial charge in [0, 0.05) is 12.8 Å². The first-order valence-corrected chi connectivity index (χ1v) is 7.01. The normalized spacial score (nSPS) is 17.3. The average Bonchev–Trinajstić information content (AvgIpc) is 2.69. The molecule has 1 fully saturated rings. The Morgan fingerprint density at radius 2 is 1.61 bits per heavy atom. The van der Waals surface area contributed by atoms with Crippen molar-refractivity contribution in [1.29, 1.82) is 0 Å². The van der Waals surface area contributed by atoms with Crippen LogP contribution in [0, 0.1) is 0 Å². The molecule has 0 N–H and O–H groups in total. The van der Waals surface area contributed by atoms with Crippen LogP contribution in [0.1, 0.15) is 64.7 Å². The molecule has 0 aliphatic carbocycles. The zero-order valence-electron chi connectivity index (χ0n) is 11.2. The van der Waals surface area contributed by atoms with Crippen molar-refractivity contribution >= 4 is 18.1 Å². The second-order valence-corrected chi connectivity index (χ2v) is 4.92. The number of aldehydes is 1. The number of imide groups is 1. The van der Waals surface area contributed by atoms with E-state index in [9.17, 15) is 14.4 Å². The summed E-state index contributed by atoms with van der Waals surface area (Å²) in [5.41, 5.74) is 0. The Hall–Kier alpha value is -1.19. The fraction of sp³-hybridized carbons (Fsp3) is 0.786. The Labute approximate surface area is 109 Å². The third kappa shape index (κ3) is 4.24. The van der Waals surface area contributed by atoms with E-state index >= 15 is 0 Å². The van der Waals surface area contributed by atoms with Crippen LogP contribution in [0.5, 0.6) is 0 Å². The molecule has 0 spiro atoms. The van der Waals surface area contributed by atoms with Crippen LogP contribution in [-0.4, -0.2) is 29.0 Å². The first-order valence-electron chi connectivity index (χ1n) is 7.01. The maximum absolute atomic E-state index is 11.5. The average molecular weight is 253 g/mol. The molecule has 1 saturated heterocycles. The quantitative estimate of drug-likeness (QED) is 0.360. The Balaban J connectivity index is 2.27. The second-order valence-electron chi connectivity index (χ2n) is 4.92. The van der Waals surface area contributed by atoms with E-state index in [1.807, 2.05) is 0 Å². The number of hydrogen-bond acceptors (Lipinski definition) is 3. The number of amides is 2. The predicted octanol–water partition coefficient (Wildman–Crippen LogP) is 2.45. The van der Waals surface area contributed by atoms with Crippen LogP contribution >= 0.6 is 0 Å². The van der Waals surface area contributed by atoms with Crippen molar-refractivity contribution < 1.29 is 14.4 Å². The second kappa shape index (κ2) is 8.01. The smallest absolute Gasteiger partial charge is 0.230 e. The summed E-state index contributed by atoms with van der Waals surface area (Å²) in [4.78, 5) is 35.2. The molecule has 0 aromatic carbocycles. The zero-order valence-corrected chi connectivity index (χ0v) is 11.2. The molecule has 1 aliphatic rings. The van der Waals surface area contributed by atoms with Crippen LogP contribution < -0.4 is 0 Å². The van der Waals surface area contributed by atoms with Crippen LogP contribution in [0.15, 0.2) is 0 Å².